The van der Waals surface area contributed by atoms with E-state index in [0.717, 1.165) is 35.7 Å². The third-order valence-corrected chi connectivity index (χ3v) is 3.22. The zero-order valence-electron chi connectivity index (χ0n) is 9.81. The summed E-state index contributed by atoms with van der Waals surface area (Å²) in [6.45, 7) is 1.28. The van der Waals surface area contributed by atoms with Crippen LogP contribution in [0.2, 0.25) is 0 Å². The van der Waals surface area contributed by atoms with E-state index < -0.39 is 0 Å². The number of ether oxygens (including phenoxy) is 1. The normalized spacial score (nSPS) is 13.5. The molecule has 0 spiro atoms. The number of aromatic nitrogens is 2. The van der Waals surface area contributed by atoms with Crippen LogP contribution in [0.4, 0.5) is 0 Å². The lowest BCUT2D eigenvalue weighted by molar-refractivity contribution is 0.357. The minimum atomic E-state index is 0.499. The summed E-state index contributed by atoms with van der Waals surface area (Å²) in [6.07, 6.45) is 2.79. The topological polar surface area (TPSA) is 53.1 Å². The second-order valence-electron chi connectivity index (χ2n) is 4.28. The Bertz CT molecular complexity index is 560. The minimum Gasteiger partial charge on any atom is -0.493 e. The molecule has 0 saturated heterocycles. The van der Waals surface area contributed by atoms with Crippen molar-refractivity contribution in [3.8, 4) is 17.0 Å². The van der Waals surface area contributed by atoms with E-state index in [0.29, 0.717) is 6.54 Å². The maximum atomic E-state index is 5.76. The molecule has 0 unspecified atom stereocenters. The summed E-state index contributed by atoms with van der Waals surface area (Å²) < 4.78 is 7.47. The van der Waals surface area contributed by atoms with Crippen LogP contribution < -0.4 is 10.5 Å². The zero-order valence-corrected chi connectivity index (χ0v) is 9.81. The average Bonchev–Trinajstić information content (AvgIpc) is 2.93. The third kappa shape index (κ3) is 1.61. The molecule has 4 nitrogen and oxygen atoms in total. The van der Waals surface area contributed by atoms with Crippen LogP contribution in [0.1, 0.15) is 11.3 Å². The molecular formula is C13H15N3O. The molecule has 17 heavy (non-hydrogen) atoms. The lowest BCUT2D eigenvalue weighted by Gasteiger charge is -2.05. The van der Waals surface area contributed by atoms with E-state index in [9.17, 15) is 0 Å². The molecule has 2 N–H and O–H groups in total. The summed E-state index contributed by atoms with van der Waals surface area (Å²) in [6, 6.07) is 6.22. The lowest BCUT2D eigenvalue weighted by Crippen LogP contribution is -2.04. The highest BCUT2D eigenvalue weighted by Crippen LogP contribution is 2.30. The number of benzene rings is 1. The van der Waals surface area contributed by atoms with Gasteiger partial charge in [-0.2, -0.15) is 0 Å². The Morgan fingerprint density at radius 2 is 2.35 bits per heavy atom. The summed E-state index contributed by atoms with van der Waals surface area (Å²) in [5.41, 5.74) is 10.2. The van der Waals surface area contributed by atoms with Gasteiger partial charge in [0.25, 0.3) is 0 Å². The Labute approximate surface area is 100 Å². The second-order valence-corrected chi connectivity index (χ2v) is 4.28. The standard InChI is InChI=1S/C13H15N3O/c1-16-8-15-13(11(16)7-14)10-2-3-12-9(6-10)4-5-17-12/h2-3,6,8H,4-5,7,14H2,1H3. The highest BCUT2D eigenvalue weighted by Gasteiger charge is 2.15. The van der Waals surface area contributed by atoms with Crippen LogP contribution in [0.25, 0.3) is 11.3 Å². The summed E-state index contributed by atoms with van der Waals surface area (Å²) in [7, 11) is 1.97. The molecule has 88 valence electrons. The Morgan fingerprint density at radius 1 is 1.47 bits per heavy atom. The van der Waals surface area contributed by atoms with Gasteiger partial charge in [-0.1, -0.05) is 0 Å². The van der Waals surface area contributed by atoms with Crippen molar-refractivity contribution in [1.29, 1.82) is 0 Å². The number of imidazole rings is 1. The van der Waals surface area contributed by atoms with E-state index in [1.54, 1.807) is 6.33 Å². The first-order chi connectivity index (χ1) is 8.29. The fourth-order valence-electron chi connectivity index (χ4n) is 2.27. The highest BCUT2D eigenvalue weighted by atomic mass is 16.5. The monoisotopic (exact) mass is 229 g/mol. The average molecular weight is 229 g/mol. The molecule has 0 radical (unpaired) electrons. The first kappa shape index (κ1) is 10.4. The molecule has 1 aliphatic heterocycles. The van der Waals surface area contributed by atoms with Crippen molar-refractivity contribution >= 4 is 0 Å². The molecule has 0 amide bonds. The molecule has 2 aromatic rings. The van der Waals surface area contributed by atoms with E-state index in [4.69, 9.17) is 10.5 Å². The molecule has 2 heterocycles. The van der Waals surface area contributed by atoms with E-state index in [1.807, 2.05) is 23.7 Å². The second kappa shape index (κ2) is 3.89. The SMILES string of the molecule is Cn1cnc(-c2ccc3c(c2)CCO3)c1CN. The van der Waals surface area contributed by atoms with E-state index >= 15 is 0 Å². The molecular weight excluding hydrogens is 214 g/mol. The molecule has 1 aromatic heterocycles. The maximum Gasteiger partial charge on any atom is 0.122 e. The molecule has 0 atom stereocenters. The lowest BCUT2D eigenvalue weighted by atomic mass is 10.0. The van der Waals surface area contributed by atoms with Gasteiger partial charge in [0.2, 0.25) is 0 Å². The first-order valence-electron chi connectivity index (χ1n) is 5.76. The third-order valence-electron chi connectivity index (χ3n) is 3.22. The van der Waals surface area contributed by atoms with Gasteiger partial charge in [-0.15, -0.1) is 0 Å². The Morgan fingerprint density at radius 3 is 3.18 bits per heavy atom. The number of nitrogens with two attached hydrogens (primary N) is 1. The summed E-state index contributed by atoms with van der Waals surface area (Å²) in [5.74, 6) is 0.999. The molecule has 0 aliphatic carbocycles. The van der Waals surface area contributed by atoms with Crippen LogP contribution in [0, 0.1) is 0 Å². The molecule has 1 aliphatic rings. The number of nitrogens with zero attached hydrogens (tertiary/aromatic N) is 2. The maximum absolute atomic E-state index is 5.76. The number of aryl methyl sites for hydroxylation is 1. The van der Waals surface area contributed by atoms with Crippen molar-refractivity contribution in [1.82, 2.24) is 9.55 Å². The summed E-state index contributed by atoms with van der Waals surface area (Å²) in [4.78, 5) is 4.42. The largest absolute Gasteiger partial charge is 0.493 e. The first-order valence-corrected chi connectivity index (χ1v) is 5.76. The van der Waals surface area contributed by atoms with Gasteiger partial charge >= 0.3 is 0 Å². The number of hydrogen-bond donors (Lipinski definition) is 1. The smallest absolute Gasteiger partial charge is 0.122 e. The van der Waals surface area contributed by atoms with Crippen molar-refractivity contribution in [2.45, 2.75) is 13.0 Å². The molecule has 0 saturated carbocycles. The molecule has 0 bridgehead atoms. The molecule has 1 aromatic carbocycles. The van der Waals surface area contributed by atoms with Crippen LogP contribution in [-0.4, -0.2) is 16.2 Å². The quantitative estimate of drug-likeness (QED) is 0.848. The van der Waals surface area contributed by atoms with Gasteiger partial charge < -0.3 is 15.0 Å². The van der Waals surface area contributed by atoms with Crippen LogP contribution >= 0.6 is 0 Å². The highest BCUT2D eigenvalue weighted by molar-refractivity contribution is 5.65. The zero-order chi connectivity index (χ0) is 11.8. The summed E-state index contributed by atoms with van der Waals surface area (Å²) >= 11 is 0. The molecule has 4 heteroatoms. The van der Waals surface area contributed by atoms with Crippen LogP contribution in [-0.2, 0) is 20.0 Å². The van der Waals surface area contributed by atoms with Crippen molar-refractivity contribution in [2.75, 3.05) is 6.61 Å². The van der Waals surface area contributed by atoms with Crippen LogP contribution in [0.3, 0.4) is 0 Å². The molecule has 0 fully saturated rings. The van der Waals surface area contributed by atoms with E-state index in [1.165, 1.54) is 5.56 Å². The van der Waals surface area contributed by atoms with Crippen LogP contribution in [0.15, 0.2) is 24.5 Å². The fourth-order valence-corrected chi connectivity index (χ4v) is 2.27. The van der Waals surface area contributed by atoms with Gasteiger partial charge in [-0.3, -0.25) is 0 Å². The van der Waals surface area contributed by atoms with Gasteiger partial charge in [0.05, 0.1) is 24.3 Å². The van der Waals surface area contributed by atoms with Crippen LogP contribution in [0.5, 0.6) is 5.75 Å². The predicted molar refractivity (Wildman–Crippen MR) is 65.7 cm³/mol. The number of fused-ring (bicyclic) bond motifs is 1. The van der Waals surface area contributed by atoms with Crippen molar-refractivity contribution < 1.29 is 4.74 Å². The Kier molecular flexibility index (Phi) is 2.37. The Hall–Kier alpha value is -1.81. The number of hydrogen-bond acceptors (Lipinski definition) is 3. The predicted octanol–water partition coefficient (Wildman–Crippen LogP) is 1.48. The van der Waals surface area contributed by atoms with Gasteiger partial charge in [0, 0.05) is 25.6 Å². The molecule has 3 rings (SSSR count). The summed E-state index contributed by atoms with van der Waals surface area (Å²) in [5, 5.41) is 0. The van der Waals surface area contributed by atoms with E-state index in [-0.39, 0.29) is 0 Å². The van der Waals surface area contributed by atoms with Gasteiger partial charge in [0.15, 0.2) is 0 Å². The van der Waals surface area contributed by atoms with Gasteiger partial charge in [0.1, 0.15) is 5.75 Å². The van der Waals surface area contributed by atoms with Gasteiger partial charge in [-0.25, -0.2) is 4.98 Å². The van der Waals surface area contributed by atoms with Crippen molar-refractivity contribution in [2.24, 2.45) is 12.8 Å². The Balaban J connectivity index is 2.09. The van der Waals surface area contributed by atoms with Crippen molar-refractivity contribution in [3.05, 3.63) is 35.8 Å². The number of rotatable bonds is 2. The van der Waals surface area contributed by atoms with Gasteiger partial charge in [-0.05, 0) is 23.8 Å². The minimum absolute atomic E-state index is 0.499. The fraction of sp³-hybridized carbons (Fsp3) is 0.308. The van der Waals surface area contributed by atoms with Crippen molar-refractivity contribution in [3.63, 3.8) is 0 Å². The van der Waals surface area contributed by atoms with E-state index in [2.05, 4.69) is 11.1 Å².